The Hall–Kier alpha value is -2.12. The molecule has 1 fully saturated rings. The van der Waals surface area contributed by atoms with Crippen LogP contribution in [-0.2, 0) is 0 Å². The molecule has 112 valence electrons. The van der Waals surface area contributed by atoms with Gasteiger partial charge in [0.25, 0.3) is 5.91 Å². The lowest BCUT2D eigenvalue weighted by molar-refractivity contribution is 0.0697. The number of nitrogens with zero attached hydrogens (tertiary/aromatic N) is 2. The van der Waals surface area contributed by atoms with E-state index in [0.717, 1.165) is 18.4 Å². The van der Waals surface area contributed by atoms with Gasteiger partial charge in [-0.2, -0.15) is 0 Å². The highest BCUT2D eigenvalue weighted by molar-refractivity contribution is 7.14. The van der Waals surface area contributed by atoms with Crippen LogP contribution in [0.15, 0.2) is 36.5 Å². The van der Waals surface area contributed by atoms with Gasteiger partial charge in [0.2, 0.25) is 0 Å². The van der Waals surface area contributed by atoms with E-state index in [1.165, 1.54) is 11.3 Å². The maximum atomic E-state index is 12.6. The Bertz CT molecular complexity index is 716. The van der Waals surface area contributed by atoms with E-state index in [1.54, 1.807) is 6.20 Å². The molecule has 0 spiro atoms. The van der Waals surface area contributed by atoms with E-state index in [-0.39, 0.29) is 5.91 Å². The van der Waals surface area contributed by atoms with E-state index in [0.29, 0.717) is 22.0 Å². The second kappa shape index (κ2) is 6.33. The van der Waals surface area contributed by atoms with Crippen LogP contribution in [0.25, 0.3) is 0 Å². The molecule has 2 heterocycles. The van der Waals surface area contributed by atoms with Crippen LogP contribution in [-0.4, -0.2) is 27.9 Å². The number of hydrogen-bond acceptors (Lipinski definition) is 3. The van der Waals surface area contributed by atoms with Crippen molar-refractivity contribution in [2.24, 2.45) is 0 Å². The number of amides is 1. The lowest BCUT2D eigenvalue weighted by atomic mass is 10.2. The minimum Gasteiger partial charge on any atom is -0.332 e. The molecule has 22 heavy (non-hydrogen) atoms. The molecule has 0 aliphatic carbocycles. The Morgan fingerprint density at radius 1 is 1.18 bits per heavy atom. The van der Waals surface area contributed by atoms with Crippen molar-refractivity contribution < 1.29 is 4.79 Å². The number of carbonyl (C=O) groups excluding carboxylic acids is 1. The number of rotatable bonds is 1. The molecule has 2 aromatic rings. The molecule has 0 radical (unpaired) electrons. The number of hydrogen-bond donors (Lipinski definition) is 0. The minimum absolute atomic E-state index is 0.0859. The summed E-state index contributed by atoms with van der Waals surface area (Å²) in [6.07, 6.45) is 3.80. The van der Waals surface area contributed by atoms with Crippen LogP contribution in [0.5, 0.6) is 0 Å². The van der Waals surface area contributed by atoms with Crippen LogP contribution in [0.3, 0.4) is 0 Å². The van der Waals surface area contributed by atoms with Gasteiger partial charge in [-0.05, 0) is 44.7 Å². The molecule has 4 heteroatoms. The van der Waals surface area contributed by atoms with Crippen LogP contribution >= 0.6 is 11.3 Å². The van der Waals surface area contributed by atoms with Crippen molar-refractivity contribution in [3.05, 3.63) is 52.0 Å². The highest BCUT2D eigenvalue weighted by atomic mass is 32.1. The number of benzene rings is 1. The fourth-order valence-corrected chi connectivity index (χ4v) is 3.51. The van der Waals surface area contributed by atoms with Crippen molar-refractivity contribution in [2.75, 3.05) is 0 Å². The normalized spacial score (nSPS) is 20.5. The second-order valence-electron chi connectivity index (χ2n) is 5.63. The van der Waals surface area contributed by atoms with E-state index in [9.17, 15) is 4.79 Å². The Morgan fingerprint density at radius 2 is 1.86 bits per heavy atom. The first-order chi connectivity index (χ1) is 10.6. The Morgan fingerprint density at radius 3 is 2.55 bits per heavy atom. The molecule has 0 N–H and O–H groups in total. The highest BCUT2D eigenvalue weighted by Gasteiger charge is 2.32. The minimum atomic E-state index is 0.0859. The van der Waals surface area contributed by atoms with Crippen LogP contribution < -0.4 is 0 Å². The molecule has 1 aromatic heterocycles. The average Bonchev–Trinajstić information content (AvgIpc) is 3.13. The van der Waals surface area contributed by atoms with Gasteiger partial charge in [0.05, 0.1) is 6.20 Å². The molecule has 1 saturated heterocycles. The predicted molar refractivity (Wildman–Crippen MR) is 88.9 cm³/mol. The zero-order valence-electron chi connectivity index (χ0n) is 12.7. The second-order valence-corrected chi connectivity index (χ2v) is 6.66. The van der Waals surface area contributed by atoms with Gasteiger partial charge in [-0.25, -0.2) is 4.98 Å². The number of thiazole rings is 1. The fourth-order valence-electron chi connectivity index (χ4n) is 2.80. The fraction of sp³-hybridized carbons (Fsp3) is 0.333. The summed E-state index contributed by atoms with van der Waals surface area (Å²) in [5.74, 6) is 6.20. The van der Waals surface area contributed by atoms with Crippen LogP contribution in [0.2, 0.25) is 0 Å². The van der Waals surface area contributed by atoms with E-state index >= 15 is 0 Å². The van der Waals surface area contributed by atoms with Crippen molar-refractivity contribution in [3.8, 4) is 11.8 Å². The van der Waals surface area contributed by atoms with Gasteiger partial charge in [0, 0.05) is 17.6 Å². The molecule has 0 saturated carbocycles. The molecule has 3 rings (SSSR count). The molecule has 1 aromatic carbocycles. The quantitative estimate of drug-likeness (QED) is 0.755. The molecule has 1 aliphatic heterocycles. The Balaban J connectivity index is 1.77. The third kappa shape index (κ3) is 3.05. The molecule has 2 unspecified atom stereocenters. The first-order valence-corrected chi connectivity index (χ1v) is 8.32. The summed E-state index contributed by atoms with van der Waals surface area (Å²) < 4.78 is 0. The standard InChI is InChI=1S/C18H18N2OS/c1-13-8-9-14(2)20(13)18(21)16-12-19-17(22-16)11-10-15-6-4-3-5-7-15/h3-7,12-14H,8-9H2,1-2H3. The van der Waals surface area contributed by atoms with Gasteiger partial charge in [-0.3, -0.25) is 4.79 Å². The number of carbonyl (C=O) groups is 1. The average molecular weight is 310 g/mol. The first kappa shape index (κ1) is 14.8. The van der Waals surface area contributed by atoms with Crippen molar-refractivity contribution in [2.45, 2.75) is 38.8 Å². The Labute approximate surface area is 135 Å². The Kier molecular flexibility index (Phi) is 4.26. The van der Waals surface area contributed by atoms with E-state index in [1.807, 2.05) is 35.2 Å². The SMILES string of the molecule is CC1CCC(C)N1C(=O)c1cnc(C#Cc2ccccc2)s1. The maximum absolute atomic E-state index is 12.6. The number of likely N-dealkylation sites (tertiary alicyclic amines) is 1. The maximum Gasteiger partial charge on any atom is 0.266 e. The molecular formula is C18H18N2OS. The highest BCUT2D eigenvalue weighted by Crippen LogP contribution is 2.27. The summed E-state index contributed by atoms with van der Waals surface area (Å²) in [6.45, 7) is 4.22. The van der Waals surface area contributed by atoms with Crippen molar-refractivity contribution in [3.63, 3.8) is 0 Å². The summed E-state index contributed by atoms with van der Waals surface area (Å²) in [5.41, 5.74) is 0.951. The lowest BCUT2D eigenvalue weighted by Crippen LogP contribution is -2.38. The third-order valence-electron chi connectivity index (χ3n) is 3.99. The van der Waals surface area contributed by atoms with Crippen molar-refractivity contribution in [1.29, 1.82) is 0 Å². The summed E-state index contributed by atoms with van der Waals surface area (Å²) in [6, 6.07) is 10.4. The molecule has 0 bridgehead atoms. The molecule has 2 atom stereocenters. The van der Waals surface area contributed by atoms with Crippen LogP contribution in [0.4, 0.5) is 0 Å². The predicted octanol–water partition coefficient (Wildman–Crippen LogP) is 3.56. The van der Waals surface area contributed by atoms with Gasteiger partial charge in [-0.15, -0.1) is 11.3 Å². The number of aromatic nitrogens is 1. The summed E-state index contributed by atoms with van der Waals surface area (Å²) in [5, 5.41) is 0.687. The zero-order valence-corrected chi connectivity index (χ0v) is 13.6. The van der Waals surface area contributed by atoms with Gasteiger partial charge in [0.15, 0.2) is 5.01 Å². The van der Waals surface area contributed by atoms with E-state index in [2.05, 4.69) is 30.7 Å². The molecular weight excluding hydrogens is 292 g/mol. The zero-order chi connectivity index (χ0) is 15.5. The van der Waals surface area contributed by atoms with Gasteiger partial charge >= 0.3 is 0 Å². The lowest BCUT2D eigenvalue weighted by Gasteiger charge is -2.25. The topological polar surface area (TPSA) is 33.2 Å². The smallest absolute Gasteiger partial charge is 0.266 e. The van der Waals surface area contributed by atoms with Crippen LogP contribution in [0.1, 0.15) is 46.9 Å². The summed E-state index contributed by atoms with van der Waals surface area (Å²) in [4.78, 5) is 19.5. The van der Waals surface area contributed by atoms with Crippen LogP contribution in [0, 0.1) is 11.8 Å². The van der Waals surface area contributed by atoms with Gasteiger partial charge < -0.3 is 4.90 Å². The van der Waals surface area contributed by atoms with Gasteiger partial charge in [-0.1, -0.05) is 24.1 Å². The van der Waals surface area contributed by atoms with E-state index in [4.69, 9.17) is 0 Å². The van der Waals surface area contributed by atoms with E-state index < -0.39 is 0 Å². The molecule has 1 amide bonds. The largest absolute Gasteiger partial charge is 0.332 e. The molecule has 3 nitrogen and oxygen atoms in total. The van der Waals surface area contributed by atoms with Crippen molar-refractivity contribution in [1.82, 2.24) is 9.88 Å². The monoisotopic (exact) mass is 310 g/mol. The molecule has 1 aliphatic rings. The third-order valence-corrected chi connectivity index (χ3v) is 4.89. The van der Waals surface area contributed by atoms with Gasteiger partial charge in [0.1, 0.15) is 4.88 Å². The van der Waals surface area contributed by atoms with Crippen molar-refractivity contribution >= 4 is 17.2 Å². The summed E-state index contributed by atoms with van der Waals surface area (Å²) >= 11 is 1.38. The summed E-state index contributed by atoms with van der Waals surface area (Å²) in [7, 11) is 0. The first-order valence-electron chi connectivity index (χ1n) is 7.50.